The molecule has 2 rings (SSSR count). The van der Waals surface area contributed by atoms with Gasteiger partial charge < -0.3 is 5.73 Å². The molecule has 0 amide bonds. The topological polar surface area (TPSA) is 26.0 Å². The second kappa shape index (κ2) is 2.49. The molecule has 1 unspecified atom stereocenters. The molecule has 0 saturated heterocycles. The van der Waals surface area contributed by atoms with Gasteiger partial charge in [0.25, 0.3) is 0 Å². The molecular formula is C7H7NS2. The van der Waals surface area contributed by atoms with E-state index in [2.05, 4.69) is 12.1 Å². The predicted octanol–water partition coefficient (Wildman–Crippen LogP) is 2.40. The third-order valence-corrected chi connectivity index (χ3v) is 4.03. The number of fused-ring (bicyclic) bond motifs is 1. The Kier molecular flexibility index (Phi) is 1.64. The first-order valence-electron chi connectivity index (χ1n) is 3.06. The third kappa shape index (κ3) is 0.944. The Morgan fingerprint density at radius 3 is 2.90 bits per heavy atom. The van der Waals surface area contributed by atoms with Gasteiger partial charge in [-0.05, 0) is 11.6 Å². The SMILES string of the molecule is NC1SSc2ccccc21. The highest BCUT2D eigenvalue weighted by Gasteiger charge is 2.18. The van der Waals surface area contributed by atoms with Crippen molar-refractivity contribution in [2.45, 2.75) is 10.3 Å². The first kappa shape index (κ1) is 6.58. The maximum Gasteiger partial charge on any atom is 0.0882 e. The van der Waals surface area contributed by atoms with Crippen LogP contribution in [0, 0.1) is 0 Å². The summed E-state index contributed by atoms with van der Waals surface area (Å²) in [5.74, 6) is 0. The molecule has 0 bridgehead atoms. The normalized spacial score (nSPS) is 22.7. The van der Waals surface area contributed by atoms with Gasteiger partial charge in [-0.1, -0.05) is 39.8 Å². The van der Waals surface area contributed by atoms with Gasteiger partial charge in [-0.3, -0.25) is 0 Å². The number of hydrogen-bond acceptors (Lipinski definition) is 3. The van der Waals surface area contributed by atoms with Crippen LogP contribution >= 0.6 is 21.6 Å². The summed E-state index contributed by atoms with van der Waals surface area (Å²) in [6, 6.07) is 8.28. The lowest BCUT2D eigenvalue weighted by atomic mass is 10.2. The third-order valence-electron chi connectivity index (χ3n) is 1.47. The van der Waals surface area contributed by atoms with Crippen LogP contribution < -0.4 is 5.73 Å². The van der Waals surface area contributed by atoms with Crippen molar-refractivity contribution in [1.82, 2.24) is 0 Å². The van der Waals surface area contributed by atoms with Crippen LogP contribution in [-0.2, 0) is 0 Å². The van der Waals surface area contributed by atoms with Gasteiger partial charge in [0.15, 0.2) is 0 Å². The van der Waals surface area contributed by atoms with Crippen LogP contribution in [0.25, 0.3) is 0 Å². The lowest BCUT2D eigenvalue weighted by Gasteiger charge is -1.98. The molecule has 0 spiro atoms. The maximum absolute atomic E-state index is 5.79. The molecule has 1 aliphatic heterocycles. The molecule has 10 heavy (non-hydrogen) atoms. The quantitative estimate of drug-likeness (QED) is 0.604. The van der Waals surface area contributed by atoms with Crippen molar-refractivity contribution in [3.8, 4) is 0 Å². The van der Waals surface area contributed by atoms with E-state index in [0.717, 1.165) is 0 Å². The van der Waals surface area contributed by atoms with Crippen molar-refractivity contribution in [1.29, 1.82) is 0 Å². The highest BCUT2D eigenvalue weighted by molar-refractivity contribution is 8.77. The molecule has 0 fully saturated rings. The molecule has 3 heteroatoms. The van der Waals surface area contributed by atoms with Crippen LogP contribution in [0.15, 0.2) is 29.2 Å². The molecule has 1 nitrogen and oxygen atoms in total. The smallest absolute Gasteiger partial charge is 0.0882 e. The zero-order chi connectivity index (χ0) is 6.97. The van der Waals surface area contributed by atoms with E-state index < -0.39 is 0 Å². The predicted molar refractivity (Wildman–Crippen MR) is 46.8 cm³/mol. The molecule has 0 aromatic heterocycles. The van der Waals surface area contributed by atoms with Gasteiger partial charge in [-0.2, -0.15) is 0 Å². The average molecular weight is 169 g/mol. The van der Waals surface area contributed by atoms with E-state index in [-0.39, 0.29) is 5.37 Å². The van der Waals surface area contributed by atoms with Crippen LogP contribution in [0.5, 0.6) is 0 Å². The van der Waals surface area contributed by atoms with Crippen molar-refractivity contribution in [3.63, 3.8) is 0 Å². The maximum atomic E-state index is 5.79. The van der Waals surface area contributed by atoms with E-state index in [9.17, 15) is 0 Å². The van der Waals surface area contributed by atoms with E-state index in [0.29, 0.717) is 0 Å². The number of benzene rings is 1. The van der Waals surface area contributed by atoms with Crippen LogP contribution in [-0.4, -0.2) is 0 Å². The minimum absolute atomic E-state index is 0.182. The van der Waals surface area contributed by atoms with Gasteiger partial charge in [-0.15, -0.1) is 0 Å². The van der Waals surface area contributed by atoms with Gasteiger partial charge in [-0.25, -0.2) is 0 Å². The molecule has 0 radical (unpaired) electrons. The lowest BCUT2D eigenvalue weighted by molar-refractivity contribution is 1.01. The van der Waals surface area contributed by atoms with Gasteiger partial charge >= 0.3 is 0 Å². The van der Waals surface area contributed by atoms with Crippen molar-refractivity contribution in [2.24, 2.45) is 5.73 Å². The van der Waals surface area contributed by atoms with E-state index >= 15 is 0 Å². The van der Waals surface area contributed by atoms with Crippen molar-refractivity contribution in [2.75, 3.05) is 0 Å². The molecule has 1 aromatic rings. The summed E-state index contributed by atoms with van der Waals surface area (Å²) >= 11 is 0. The van der Waals surface area contributed by atoms with Gasteiger partial charge in [0.2, 0.25) is 0 Å². The summed E-state index contributed by atoms with van der Waals surface area (Å²) < 4.78 is 0. The zero-order valence-electron chi connectivity index (χ0n) is 5.28. The first-order chi connectivity index (χ1) is 4.88. The van der Waals surface area contributed by atoms with E-state index in [1.807, 2.05) is 12.1 Å². The van der Waals surface area contributed by atoms with Crippen molar-refractivity contribution >= 4 is 21.6 Å². The summed E-state index contributed by atoms with van der Waals surface area (Å²) in [6.07, 6.45) is 0. The average Bonchev–Trinajstić information content (AvgIpc) is 2.34. The Hall–Kier alpha value is -0.120. The fraction of sp³-hybridized carbons (Fsp3) is 0.143. The fourth-order valence-electron chi connectivity index (χ4n) is 0.947. The van der Waals surface area contributed by atoms with Crippen LogP contribution in [0.1, 0.15) is 10.9 Å². The Labute approximate surface area is 67.8 Å². The molecule has 0 saturated carbocycles. The zero-order valence-corrected chi connectivity index (χ0v) is 6.91. The second-order valence-corrected chi connectivity index (χ2v) is 4.52. The second-order valence-electron chi connectivity index (χ2n) is 2.14. The van der Waals surface area contributed by atoms with E-state index in [1.165, 1.54) is 10.5 Å². The summed E-state index contributed by atoms with van der Waals surface area (Å²) in [5, 5.41) is 0.182. The highest BCUT2D eigenvalue weighted by Crippen LogP contribution is 2.49. The summed E-state index contributed by atoms with van der Waals surface area (Å²) in [5.41, 5.74) is 7.06. The van der Waals surface area contributed by atoms with Crippen LogP contribution in [0.4, 0.5) is 0 Å². The summed E-state index contributed by atoms with van der Waals surface area (Å²) in [6.45, 7) is 0. The minimum atomic E-state index is 0.182. The van der Waals surface area contributed by atoms with Gasteiger partial charge in [0, 0.05) is 4.90 Å². The van der Waals surface area contributed by atoms with Gasteiger partial charge in [0.1, 0.15) is 0 Å². The summed E-state index contributed by atoms with van der Waals surface area (Å²) in [4.78, 5) is 1.32. The number of hydrogen-bond donors (Lipinski definition) is 1. The number of rotatable bonds is 0. The van der Waals surface area contributed by atoms with Crippen LogP contribution in [0.2, 0.25) is 0 Å². The molecule has 1 atom stereocenters. The van der Waals surface area contributed by atoms with Crippen molar-refractivity contribution in [3.05, 3.63) is 29.8 Å². The van der Waals surface area contributed by atoms with Crippen LogP contribution in [0.3, 0.4) is 0 Å². The Morgan fingerprint density at radius 2 is 2.10 bits per heavy atom. The largest absolute Gasteiger partial charge is 0.315 e. The Morgan fingerprint density at radius 1 is 1.30 bits per heavy atom. The summed E-state index contributed by atoms with van der Waals surface area (Å²) in [7, 11) is 3.49. The minimum Gasteiger partial charge on any atom is -0.315 e. The molecule has 2 N–H and O–H groups in total. The van der Waals surface area contributed by atoms with Crippen molar-refractivity contribution < 1.29 is 0 Å². The Balaban J connectivity index is 2.51. The molecule has 1 heterocycles. The monoisotopic (exact) mass is 169 g/mol. The lowest BCUT2D eigenvalue weighted by Crippen LogP contribution is -2.00. The number of nitrogens with two attached hydrogens (primary N) is 1. The van der Waals surface area contributed by atoms with Gasteiger partial charge in [0.05, 0.1) is 5.37 Å². The van der Waals surface area contributed by atoms with E-state index in [4.69, 9.17) is 5.73 Å². The Bertz CT molecular complexity index is 249. The molecule has 52 valence electrons. The standard InChI is InChI=1S/C7H7NS2/c8-7-5-3-1-2-4-6(5)9-10-7/h1-4,7H,8H2. The van der Waals surface area contributed by atoms with E-state index in [1.54, 1.807) is 21.6 Å². The highest BCUT2D eigenvalue weighted by atomic mass is 33.1. The first-order valence-corrected chi connectivity index (χ1v) is 5.27. The molecular weight excluding hydrogens is 162 g/mol. The molecule has 1 aromatic carbocycles. The fourth-order valence-corrected chi connectivity index (χ4v) is 3.35. The molecule has 0 aliphatic carbocycles. The molecule has 1 aliphatic rings.